The third-order valence-electron chi connectivity index (χ3n) is 5.05. The van der Waals surface area contributed by atoms with Gasteiger partial charge >= 0.3 is 0 Å². The van der Waals surface area contributed by atoms with Gasteiger partial charge in [0.1, 0.15) is 23.5 Å². The smallest absolute Gasteiger partial charge is 0.131 e. The lowest BCUT2D eigenvalue weighted by Gasteiger charge is -2.31. The second-order valence-electron chi connectivity index (χ2n) is 6.82. The average Bonchev–Trinajstić information content (AvgIpc) is 2.74. The monoisotopic (exact) mass is 410 g/mol. The molecule has 29 heavy (non-hydrogen) atoms. The van der Waals surface area contributed by atoms with E-state index in [4.69, 9.17) is 21.3 Å². The number of hydrogen-bond donors (Lipinski definition) is 2. The molecule has 2 atom stereocenters. The molecule has 0 saturated heterocycles. The molecule has 6 heteroatoms. The van der Waals surface area contributed by atoms with Gasteiger partial charge in [-0.15, -0.1) is 0 Å². The van der Waals surface area contributed by atoms with Crippen molar-refractivity contribution in [2.75, 3.05) is 7.11 Å². The van der Waals surface area contributed by atoms with Gasteiger partial charge in [-0.1, -0.05) is 35.9 Å². The van der Waals surface area contributed by atoms with Crippen LogP contribution in [0.4, 0.5) is 4.39 Å². The zero-order valence-electron chi connectivity index (χ0n) is 15.8. The molecule has 4 nitrogen and oxygen atoms in total. The molecule has 0 amide bonds. The van der Waals surface area contributed by atoms with Gasteiger partial charge in [-0.2, -0.15) is 0 Å². The number of aromatic hydroxyl groups is 1. The van der Waals surface area contributed by atoms with E-state index in [0.717, 1.165) is 22.6 Å². The number of phenols is 1. The van der Waals surface area contributed by atoms with Crippen molar-refractivity contribution in [2.24, 2.45) is 4.99 Å². The highest BCUT2D eigenvalue weighted by molar-refractivity contribution is 6.31. The van der Waals surface area contributed by atoms with Gasteiger partial charge in [-0.05, 0) is 48.0 Å². The molecule has 1 heterocycles. The van der Waals surface area contributed by atoms with Crippen molar-refractivity contribution >= 4 is 17.3 Å². The van der Waals surface area contributed by atoms with Gasteiger partial charge in [0.2, 0.25) is 0 Å². The van der Waals surface area contributed by atoms with Crippen molar-refractivity contribution in [1.29, 1.82) is 0 Å². The largest absolute Gasteiger partial charge is 0.508 e. The highest BCUT2D eigenvalue weighted by Crippen LogP contribution is 2.37. The molecule has 3 aromatic carbocycles. The Hall–Kier alpha value is -2.89. The first-order chi connectivity index (χ1) is 14.1. The molecule has 2 N–H and O–H groups in total. The van der Waals surface area contributed by atoms with E-state index in [1.807, 2.05) is 36.4 Å². The lowest BCUT2D eigenvalue weighted by Crippen LogP contribution is -2.33. The minimum atomic E-state index is -0.681. The first-order valence-corrected chi connectivity index (χ1v) is 9.63. The maximum absolute atomic E-state index is 14.6. The topological polar surface area (TPSA) is 53.8 Å². The summed E-state index contributed by atoms with van der Waals surface area (Å²) in [6.45, 7) is 0. The van der Waals surface area contributed by atoms with Crippen molar-refractivity contribution in [3.63, 3.8) is 0 Å². The molecule has 0 bridgehead atoms. The zero-order chi connectivity index (χ0) is 20.4. The Morgan fingerprint density at radius 1 is 1.07 bits per heavy atom. The van der Waals surface area contributed by atoms with Gasteiger partial charge in [0.25, 0.3) is 0 Å². The fourth-order valence-corrected chi connectivity index (χ4v) is 3.83. The van der Waals surface area contributed by atoms with Crippen molar-refractivity contribution < 1.29 is 14.2 Å². The van der Waals surface area contributed by atoms with Crippen LogP contribution in [0.15, 0.2) is 71.7 Å². The summed E-state index contributed by atoms with van der Waals surface area (Å²) in [4.78, 5) is 4.76. The van der Waals surface area contributed by atoms with Gasteiger partial charge in [0, 0.05) is 29.3 Å². The molecule has 1 aliphatic rings. The third kappa shape index (κ3) is 3.97. The zero-order valence-corrected chi connectivity index (χ0v) is 16.5. The van der Waals surface area contributed by atoms with E-state index in [0.29, 0.717) is 17.0 Å². The van der Waals surface area contributed by atoms with Crippen molar-refractivity contribution in [3.05, 3.63) is 94.3 Å². The summed E-state index contributed by atoms with van der Waals surface area (Å²) in [7, 11) is 1.61. The van der Waals surface area contributed by atoms with E-state index in [9.17, 15) is 9.50 Å². The molecular formula is C23H20ClFN2O2. The summed E-state index contributed by atoms with van der Waals surface area (Å²) < 4.78 is 19.8. The molecular weight excluding hydrogens is 391 g/mol. The SMILES string of the molecule is COc1ccc(C2=N[C@H](c3c(F)cccc3Cl)N[C@@H](c3ccccc3O)C2)cc1. The first-order valence-electron chi connectivity index (χ1n) is 9.25. The minimum Gasteiger partial charge on any atom is -0.508 e. The van der Waals surface area contributed by atoms with E-state index in [-0.39, 0.29) is 11.8 Å². The minimum absolute atomic E-state index is 0.180. The molecule has 0 aliphatic carbocycles. The van der Waals surface area contributed by atoms with E-state index < -0.39 is 12.0 Å². The molecule has 1 aliphatic heterocycles. The number of benzene rings is 3. The standard InChI is InChI=1S/C23H20ClFN2O2/c1-29-15-11-9-14(10-12-15)19-13-20(16-5-2-3-8-21(16)28)27-23(26-19)22-17(24)6-4-7-18(22)25/h2-12,20,23,27-28H,13H2,1H3/t20-,23+/m1/s1. The quantitative estimate of drug-likeness (QED) is 0.604. The number of halogens is 2. The maximum Gasteiger partial charge on any atom is 0.131 e. The van der Waals surface area contributed by atoms with Crippen molar-refractivity contribution in [3.8, 4) is 11.5 Å². The van der Waals surface area contributed by atoms with Gasteiger partial charge < -0.3 is 9.84 Å². The highest BCUT2D eigenvalue weighted by Gasteiger charge is 2.30. The maximum atomic E-state index is 14.6. The molecule has 3 aromatic rings. The highest BCUT2D eigenvalue weighted by atomic mass is 35.5. The van der Waals surface area contributed by atoms with Crippen LogP contribution in [0, 0.1) is 5.82 Å². The Morgan fingerprint density at radius 2 is 1.83 bits per heavy atom. The lowest BCUT2D eigenvalue weighted by molar-refractivity contribution is 0.405. The Kier molecular flexibility index (Phi) is 5.51. The molecule has 0 aromatic heterocycles. The Bertz CT molecular complexity index is 1030. The number of para-hydroxylation sites is 1. The Morgan fingerprint density at radius 3 is 2.52 bits per heavy atom. The van der Waals surface area contributed by atoms with Crippen LogP contribution >= 0.6 is 11.6 Å². The van der Waals surface area contributed by atoms with E-state index in [1.165, 1.54) is 6.07 Å². The molecule has 0 unspecified atom stereocenters. The summed E-state index contributed by atoms with van der Waals surface area (Å²) in [5.41, 5.74) is 2.72. The summed E-state index contributed by atoms with van der Waals surface area (Å²) in [5.74, 6) is 0.499. The number of rotatable bonds is 4. The van der Waals surface area contributed by atoms with Crippen LogP contribution in [0.3, 0.4) is 0 Å². The van der Waals surface area contributed by atoms with E-state index in [2.05, 4.69) is 5.32 Å². The van der Waals surface area contributed by atoms with Crippen LogP contribution in [0.5, 0.6) is 11.5 Å². The van der Waals surface area contributed by atoms with Gasteiger partial charge in [-0.3, -0.25) is 10.3 Å². The normalized spacial score (nSPS) is 18.9. The summed E-state index contributed by atoms with van der Waals surface area (Å²) in [6, 6.07) is 19.0. The fraction of sp³-hybridized carbons (Fsp3) is 0.174. The molecule has 0 saturated carbocycles. The third-order valence-corrected chi connectivity index (χ3v) is 5.38. The predicted molar refractivity (Wildman–Crippen MR) is 112 cm³/mol. The number of methoxy groups -OCH3 is 1. The van der Waals surface area contributed by atoms with Crippen molar-refractivity contribution in [2.45, 2.75) is 18.6 Å². The number of nitrogens with zero attached hydrogens (tertiary/aromatic N) is 1. The van der Waals surface area contributed by atoms with Crippen LogP contribution in [0.25, 0.3) is 0 Å². The van der Waals surface area contributed by atoms with E-state index in [1.54, 1.807) is 31.4 Å². The molecule has 4 rings (SSSR count). The number of nitrogens with one attached hydrogen (secondary N) is 1. The van der Waals surface area contributed by atoms with Crippen LogP contribution in [-0.4, -0.2) is 17.9 Å². The van der Waals surface area contributed by atoms with Crippen LogP contribution in [0.2, 0.25) is 5.02 Å². The van der Waals surface area contributed by atoms with Gasteiger partial charge in [0.15, 0.2) is 0 Å². The number of ether oxygens (including phenoxy) is 1. The van der Waals surface area contributed by atoms with Gasteiger partial charge in [-0.25, -0.2) is 4.39 Å². The Labute approximate surface area is 173 Å². The summed E-state index contributed by atoms with van der Waals surface area (Å²) in [6.07, 6.45) is -0.147. The molecule has 148 valence electrons. The summed E-state index contributed by atoms with van der Waals surface area (Å²) >= 11 is 6.31. The predicted octanol–water partition coefficient (Wildman–Crippen LogP) is 5.42. The lowest BCUT2D eigenvalue weighted by atomic mass is 9.93. The fourth-order valence-electron chi connectivity index (χ4n) is 3.57. The molecule has 0 radical (unpaired) electrons. The Balaban J connectivity index is 1.79. The van der Waals surface area contributed by atoms with E-state index >= 15 is 0 Å². The van der Waals surface area contributed by atoms with Gasteiger partial charge in [0.05, 0.1) is 12.1 Å². The average molecular weight is 411 g/mol. The second-order valence-corrected chi connectivity index (χ2v) is 7.23. The number of aliphatic imine (C=N–C) groups is 1. The van der Waals surface area contributed by atoms with Crippen LogP contribution in [-0.2, 0) is 0 Å². The molecule has 0 spiro atoms. The number of hydrogen-bond acceptors (Lipinski definition) is 4. The first kappa shape index (κ1) is 19.4. The number of phenolic OH excluding ortho intramolecular Hbond substituents is 1. The summed E-state index contributed by atoms with van der Waals surface area (Å²) in [5, 5.41) is 14.0. The van der Waals surface area contributed by atoms with Crippen LogP contribution in [0.1, 0.15) is 35.3 Å². The van der Waals surface area contributed by atoms with Crippen LogP contribution < -0.4 is 10.1 Å². The van der Waals surface area contributed by atoms with Crippen molar-refractivity contribution in [1.82, 2.24) is 5.32 Å². The molecule has 0 fully saturated rings. The second kappa shape index (κ2) is 8.23.